The maximum Gasteiger partial charge on any atom is 0.293 e. The van der Waals surface area contributed by atoms with Crippen LogP contribution in [0.2, 0.25) is 0 Å². The van der Waals surface area contributed by atoms with E-state index in [1.807, 2.05) is 0 Å². The molecule has 0 amide bonds. The highest BCUT2D eigenvalue weighted by molar-refractivity contribution is 9.09. The molecule has 0 aromatic rings. The predicted molar refractivity (Wildman–Crippen MR) is 35.5 cm³/mol. The first-order valence-electron chi connectivity index (χ1n) is 2.06. The Balaban J connectivity index is 2.97. The van der Waals surface area contributed by atoms with Crippen molar-refractivity contribution in [2.75, 3.05) is 12.5 Å². The molecule has 8 heavy (non-hydrogen) atoms. The van der Waals surface area contributed by atoms with Gasteiger partial charge in [0, 0.05) is 5.88 Å². The average molecular weight is 201 g/mol. The van der Waals surface area contributed by atoms with Crippen molar-refractivity contribution in [2.24, 2.45) is 0 Å². The van der Waals surface area contributed by atoms with Gasteiger partial charge in [0.1, 0.15) is 6.61 Å². The van der Waals surface area contributed by atoms with E-state index in [0.717, 1.165) is 0 Å². The van der Waals surface area contributed by atoms with Gasteiger partial charge in [0.2, 0.25) is 0 Å². The van der Waals surface area contributed by atoms with Crippen LogP contribution in [0.15, 0.2) is 0 Å². The first kappa shape index (κ1) is 8.24. The molecule has 0 rings (SSSR count). The zero-order chi connectivity index (χ0) is 6.41. The van der Waals surface area contributed by atoms with E-state index >= 15 is 0 Å². The molecule has 0 aromatic carbocycles. The first-order chi connectivity index (χ1) is 3.81. The summed E-state index contributed by atoms with van der Waals surface area (Å²) in [6.07, 6.45) is 0. The highest BCUT2D eigenvalue weighted by atomic mass is 79.9. The summed E-state index contributed by atoms with van der Waals surface area (Å²) in [6.45, 7) is 0.744. The van der Waals surface area contributed by atoms with Crippen molar-refractivity contribution >= 4 is 34.0 Å². The zero-order valence-electron chi connectivity index (χ0n) is 4.14. The molecule has 0 heterocycles. The zero-order valence-corrected chi connectivity index (χ0v) is 6.48. The molecule has 0 saturated heterocycles. The summed E-state index contributed by atoms with van der Waals surface area (Å²) in [5, 5.41) is 0. The molecule has 4 heteroatoms. The lowest BCUT2D eigenvalue weighted by atomic mass is 10.5. The quantitative estimate of drug-likeness (QED) is 0.504. The second-order valence-corrected chi connectivity index (χ2v) is 2.78. The Kier molecular flexibility index (Phi) is 5.54. The molecule has 1 unspecified atom stereocenters. The summed E-state index contributed by atoms with van der Waals surface area (Å²) < 4.78 is 4.37. The smallest absolute Gasteiger partial charge is 0.293 e. The predicted octanol–water partition coefficient (Wildman–Crippen LogP) is 1.16. The lowest BCUT2D eigenvalue weighted by Crippen LogP contribution is -2.08. The third-order valence-corrected chi connectivity index (χ3v) is 1.85. The molecule has 0 aliphatic rings. The Morgan fingerprint density at radius 3 is 2.88 bits per heavy atom. The van der Waals surface area contributed by atoms with Crippen LogP contribution >= 0.6 is 27.5 Å². The van der Waals surface area contributed by atoms with Crippen LogP contribution in [0.4, 0.5) is 0 Å². The van der Waals surface area contributed by atoms with E-state index in [1.54, 1.807) is 0 Å². The molecule has 0 N–H and O–H groups in total. The van der Waals surface area contributed by atoms with Gasteiger partial charge in [-0.3, -0.25) is 4.79 Å². The number of rotatable bonds is 4. The van der Waals surface area contributed by atoms with E-state index in [0.29, 0.717) is 19.0 Å². The van der Waals surface area contributed by atoms with Crippen molar-refractivity contribution in [3.8, 4) is 0 Å². The molecule has 0 radical (unpaired) electrons. The van der Waals surface area contributed by atoms with Gasteiger partial charge in [0.25, 0.3) is 6.47 Å². The van der Waals surface area contributed by atoms with Crippen molar-refractivity contribution in [3.05, 3.63) is 0 Å². The summed E-state index contributed by atoms with van der Waals surface area (Å²) in [5.41, 5.74) is 0. The minimum Gasteiger partial charge on any atom is -0.467 e. The van der Waals surface area contributed by atoms with Gasteiger partial charge in [0.15, 0.2) is 0 Å². The molecule has 2 nitrogen and oxygen atoms in total. The Morgan fingerprint density at radius 2 is 2.50 bits per heavy atom. The van der Waals surface area contributed by atoms with Crippen molar-refractivity contribution in [1.82, 2.24) is 0 Å². The van der Waals surface area contributed by atoms with Crippen LogP contribution in [0.25, 0.3) is 0 Å². The van der Waals surface area contributed by atoms with Crippen LogP contribution in [0.1, 0.15) is 0 Å². The Hall–Kier alpha value is 0.240. The highest BCUT2D eigenvalue weighted by Gasteiger charge is 1.99. The van der Waals surface area contributed by atoms with Gasteiger partial charge in [-0.2, -0.15) is 0 Å². The van der Waals surface area contributed by atoms with Gasteiger partial charge in [0.05, 0.1) is 4.83 Å². The van der Waals surface area contributed by atoms with E-state index in [9.17, 15) is 4.79 Å². The topological polar surface area (TPSA) is 26.3 Å². The number of halogens is 2. The fourth-order valence-electron chi connectivity index (χ4n) is 0.188. The maximum absolute atomic E-state index is 9.54. The summed E-state index contributed by atoms with van der Waals surface area (Å²) in [4.78, 5) is 9.62. The monoisotopic (exact) mass is 200 g/mol. The van der Waals surface area contributed by atoms with Crippen LogP contribution in [0.3, 0.4) is 0 Å². The van der Waals surface area contributed by atoms with Gasteiger partial charge in [-0.05, 0) is 0 Å². The number of hydrogen-bond acceptors (Lipinski definition) is 2. The Morgan fingerprint density at radius 1 is 1.88 bits per heavy atom. The molecule has 0 aliphatic carbocycles. The largest absolute Gasteiger partial charge is 0.467 e. The molecule has 0 saturated carbocycles. The standard InChI is InChI=1S/C4H6BrClO2/c5-4(1-6)2-8-3-7/h3-4H,1-2H2. The number of carbonyl (C=O) groups excluding carboxylic acids is 1. The molecule has 0 aliphatic heterocycles. The van der Waals surface area contributed by atoms with Crippen LogP contribution in [0, 0.1) is 0 Å². The van der Waals surface area contributed by atoms with Crippen LogP contribution in [-0.2, 0) is 9.53 Å². The van der Waals surface area contributed by atoms with Gasteiger partial charge < -0.3 is 4.74 Å². The molecule has 0 fully saturated rings. The second kappa shape index (κ2) is 5.38. The van der Waals surface area contributed by atoms with Crippen molar-refractivity contribution in [3.63, 3.8) is 0 Å². The summed E-state index contributed by atoms with van der Waals surface area (Å²) in [7, 11) is 0. The van der Waals surface area contributed by atoms with Gasteiger partial charge in [-0.15, -0.1) is 11.6 Å². The van der Waals surface area contributed by atoms with E-state index in [-0.39, 0.29) is 4.83 Å². The van der Waals surface area contributed by atoms with Gasteiger partial charge in [-0.1, -0.05) is 15.9 Å². The van der Waals surface area contributed by atoms with Crippen molar-refractivity contribution in [2.45, 2.75) is 4.83 Å². The molecular formula is C4H6BrClO2. The second-order valence-electron chi connectivity index (χ2n) is 1.18. The molecule has 1 atom stereocenters. The highest BCUT2D eigenvalue weighted by Crippen LogP contribution is 2.00. The summed E-state index contributed by atoms with van der Waals surface area (Å²) in [6, 6.07) is 0. The van der Waals surface area contributed by atoms with Crippen LogP contribution in [0.5, 0.6) is 0 Å². The van der Waals surface area contributed by atoms with Gasteiger partial charge >= 0.3 is 0 Å². The fourth-order valence-corrected chi connectivity index (χ4v) is 0.430. The number of alkyl halides is 2. The average Bonchev–Trinajstić information content (AvgIpc) is 1.83. The minimum absolute atomic E-state index is 0.0781. The van der Waals surface area contributed by atoms with E-state index in [4.69, 9.17) is 11.6 Å². The normalized spacial score (nSPS) is 12.8. The number of carbonyl (C=O) groups is 1. The van der Waals surface area contributed by atoms with E-state index in [2.05, 4.69) is 20.7 Å². The summed E-state index contributed by atoms with van der Waals surface area (Å²) in [5.74, 6) is 0.452. The number of hydrogen-bond donors (Lipinski definition) is 0. The van der Waals surface area contributed by atoms with E-state index in [1.165, 1.54) is 0 Å². The van der Waals surface area contributed by atoms with Gasteiger partial charge in [-0.25, -0.2) is 0 Å². The Bertz CT molecular complexity index is 69.1. The lowest BCUT2D eigenvalue weighted by molar-refractivity contribution is -0.128. The lowest BCUT2D eigenvalue weighted by Gasteiger charge is -2.00. The third kappa shape index (κ3) is 4.40. The van der Waals surface area contributed by atoms with Crippen LogP contribution in [-0.4, -0.2) is 23.8 Å². The fraction of sp³-hybridized carbons (Fsp3) is 0.750. The Labute approximate surface area is 61.3 Å². The van der Waals surface area contributed by atoms with Crippen LogP contribution < -0.4 is 0 Å². The molecular weight excluding hydrogens is 195 g/mol. The maximum atomic E-state index is 9.54. The SMILES string of the molecule is O=COCC(Br)CCl. The third-order valence-electron chi connectivity index (χ3n) is 0.513. The molecule has 0 aromatic heterocycles. The van der Waals surface area contributed by atoms with Crippen molar-refractivity contribution < 1.29 is 9.53 Å². The first-order valence-corrected chi connectivity index (χ1v) is 3.51. The summed E-state index contributed by atoms with van der Waals surface area (Å²) >= 11 is 8.51. The molecule has 48 valence electrons. The van der Waals surface area contributed by atoms with E-state index < -0.39 is 0 Å². The minimum atomic E-state index is 0.0781. The number of ether oxygens (including phenoxy) is 1. The molecule has 0 spiro atoms. The molecule has 0 bridgehead atoms. The van der Waals surface area contributed by atoms with Crippen molar-refractivity contribution in [1.29, 1.82) is 0 Å².